The van der Waals surface area contributed by atoms with Crippen molar-refractivity contribution in [2.45, 2.75) is 32.0 Å². The average Bonchev–Trinajstić information content (AvgIpc) is 2.97. The second-order valence-corrected chi connectivity index (χ2v) is 4.85. The number of carbonyl (C=O) groups is 2. The highest BCUT2D eigenvalue weighted by Gasteiger charge is 2.29. The molecule has 2 rings (SSSR count). The van der Waals surface area contributed by atoms with Crippen molar-refractivity contribution in [1.29, 1.82) is 0 Å². The summed E-state index contributed by atoms with van der Waals surface area (Å²) in [5, 5.41) is 2.77. The predicted octanol–water partition coefficient (Wildman–Crippen LogP) is 1.73. The van der Waals surface area contributed by atoms with E-state index in [1.165, 1.54) is 0 Å². The summed E-state index contributed by atoms with van der Waals surface area (Å²) < 4.78 is 10.4. The number of rotatable bonds is 5. The van der Waals surface area contributed by atoms with Gasteiger partial charge in [-0.3, -0.25) is 4.79 Å². The van der Waals surface area contributed by atoms with E-state index in [4.69, 9.17) is 15.2 Å². The summed E-state index contributed by atoms with van der Waals surface area (Å²) in [7, 11) is 0. The maximum absolute atomic E-state index is 12.0. The van der Waals surface area contributed by atoms with Gasteiger partial charge in [-0.2, -0.15) is 0 Å². The Kier molecular flexibility index (Phi) is 7.31. The van der Waals surface area contributed by atoms with Crippen LogP contribution in [0.15, 0.2) is 24.3 Å². The van der Waals surface area contributed by atoms with Crippen LogP contribution >= 0.6 is 12.4 Å². The number of halogens is 1. The molecule has 3 N–H and O–H groups in total. The fourth-order valence-corrected chi connectivity index (χ4v) is 2.20. The van der Waals surface area contributed by atoms with Crippen molar-refractivity contribution in [3.8, 4) is 0 Å². The van der Waals surface area contributed by atoms with Crippen LogP contribution in [-0.4, -0.2) is 37.2 Å². The number of anilines is 1. The van der Waals surface area contributed by atoms with Crippen LogP contribution in [0.2, 0.25) is 0 Å². The van der Waals surface area contributed by atoms with Gasteiger partial charge in [0, 0.05) is 12.2 Å². The summed E-state index contributed by atoms with van der Waals surface area (Å²) in [6, 6.07) is 6.57. The van der Waals surface area contributed by atoms with Crippen molar-refractivity contribution in [3.63, 3.8) is 0 Å². The highest BCUT2D eigenvalue weighted by Crippen LogP contribution is 2.20. The normalized spacial score (nSPS) is 20.1. The van der Waals surface area contributed by atoms with Crippen LogP contribution in [0.5, 0.6) is 0 Å². The number of nitrogens with one attached hydrogen (secondary N) is 1. The topological polar surface area (TPSA) is 90.7 Å². The summed E-state index contributed by atoms with van der Waals surface area (Å²) in [4.78, 5) is 23.5. The maximum Gasteiger partial charge on any atom is 0.338 e. The van der Waals surface area contributed by atoms with Gasteiger partial charge in [-0.05, 0) is 44.0 Å². The van der Waals surface area contributed by atoms with Crippen molar-refractivity contribution in [2.24, 2.45) is 5.73 Å². The molecular formula is C15H21ClN2O4. The number of amides is 1. The van der Waals surface area contributed by atoms with E-state index >= 15 is 0 Å². The van der Waals surface area contributed by atoms with Crippen LogP contribution in [0.1, 0.15) is 30.1 Å². The Hall–Kier alpha value is -1.63. The molecule has 1 aromatic rings. The van der Waals surface area contributed by atoms with Crippen LogP contribution in [0, 0.1) is 0 Å². The molecule has 122 valence electrons. The smallest absolute Gasteiger partial charge is 0.338 e. The first kappa shape index (κ1) is 18.4. The largest absolute Gasteiger partial charge is 0.462 e. The van der Waals surface area contributed by atoms with Gasteiger partial charge in [-0.1, -0.05) is 0 Å². The molecular weight excluding hydrogens is 308 g/mol. The van der Waals surface area contributed by atoms with E-state index in [0.29, 0.717) is 30.8 Å². The number of nitrogens with two attached hydrogens (primary N) is 1. The highest BCUT2D eigenvalue weighted by molar-refractivity contribution is 5.95. The third-order valence-electron chi connectivity index (χ3n) is 3.33. The van der Waals surface area contributed by atoms with Crippen molar-refractivity contribution in [2.75, 3.05) is 18.5 Å². The number of ether oxygens (including phenoxy) is 2. The molecule has 0 radical (unpaired) electrons. The molecule has 0 saturated carbocycles. The number of benzene rings is 1. The Morgan fingerprint density at radius 2 is 2.00 bits per heavy atom. The number of hydrogen-bond donors (Lipinski definition) is 2. The lowest BCUT2D eigenvalue weighted by molar-refractivity contribution is -0.126. The van der Waals surface area contributed by atoms with Gasteiger partial charge in [0.2, 0.25) is 0 Å². The molecule has 2 atom stereocenters. The molecule has 1 aromatic carbocycles. The number of hydrogen-bond acceptors (Lipinski definition) is 5. The van der Waals surface area contributed by atoms with Gasteiger partial charge in [-0.25, -0.2) is 4.79 Å². The minimum atomic E-state index is -0.455. The van der Waals surface area contributed by atoms with Crippen molar-refractivity contribution < 1.29 is 19.1 Å². The van der Waals surface area contributed by atoms with E-state index in [0.717, 1.165) is 6.42 Å². The lowest BCUT2D eigenvalue weighted by atomic mass is 10.1. The van der Waals surface area contributed by atoms with E-state index in [9.17, 15) is 9.59 Å². The van der Waals surface area contributed by atoms with Gasteiger partial charge in [-0.15, -0.1) is 12.4 Å². The lowest BCUT2D eigenvalue weighted by Crippen LogP contribution is -2.29. The first-order valence-electron chi connectivity index (χ1n) is 7.07. The van der Waals surface area contributed by atoms with Crippen LogP contribution in [0.4, 0.5) is 5.69 Å². The molecule has 0 bridgehead atoms. The molecule has 6 nitrogen and oxygen atoms in total. The van der Waals surface area contributed by atoms with Crippen LogP contribution in [0.25, 0.3) is 0 Å². The fourth-order valence-electron chi connectivity index (χ4n) is 2.20. The van der Waals surface area contributed by atoms with E-state index in [1.807, 2.05) is 0 Å². The first-order valence-corrected chi connectivity index (χ1v) is 7.07. The predicted molar refractivity (Wildman–Crippen MR) is 85.2 cm³/mol. The Morgan fingerprint density at radius 3 is 2.55 bits per heavy atom. The molecule has 0 aliphatic carbocycles. The Labute approximate surface area is 135 Å². The molecule has 0 aromatic heterocycles. The SMILES string of the molecule is CCOC(=O)c1ccc(NC(=O)[C@@H]2CC[C@H](CN)O2)cc1.Cl. The fraction of sp³-hybridized carbons (Fsp3) is 0.467. The Balaban J connectivity index is 0.00000242. The standard InChI is InChI=1S/C15H20N2O4.ClH/c1-2-20-15(19)10-3-5-11(6-4-10)17-14(18)13-8-7-12(9-16)21-13;/h3-6,12-13H,2,7-9,16H2,1H3,(H,17,18);1H/t12-,13+;/m1./s1. The summed E-state index contributed by atoms with van der Waals surface area (Å²) in [5.74, 6) is -0.560. The molecule has 1 amide bonds. The van der Waals surface area contributed by atoms with Crippen molar-refractivity contribution in [3.05, 3.63) is 29.8 Å². The summed E-state index contributed by atoms with van der Waals surface area (Å²) in [6.07, 6.45) is 0.987. The van der Waals surface area contributed by atoms with E-state index in [-0.39, 0.29) is 30.4 Å². The summed E-state index contributed by atoms with van der Waals surface area (Å²) in [6.45, 7) is 2.51. The van der Waals surface area contributed by atoms with Gasteiger partial charge >= 0.3 is 5.97 Å². The van der Waals surface area contributed by atoms with Crippen LogP contribution < -0.4 is 11.1 Å². The van der Waals surface area contributed by atoms with Gasteiger partial charge in [0.25, 0.3) is 5.91 Å². The molecule has 0 spiro atoms. The van der Waals surface area contributed by atoms with E-state index in [2.05, 4.69) is 5.32 Å². The third-order valence-corrected chi connectivity index (χ3v) is 3.33. The first-order chi connectivity index (χ1) is 10.1. The van der Waals surface area contributed by atoms with E-state index < -0.39 is 6.10 Å². The zero-order chi connectivity index (χ0) is 15.2. The molecule has 1 saturated heterocycles. The number of carbonyl (C=O) groups excluding carboxylic acids is 2. The van der Waals surface area contributed by atoms with Crippen molar-refractivity contribution in [1.82, 2.24) is 0 Å². The van der Waals surface area contributed by atoms with Crippen molar-refractivity contribution >= 4 is 30.0 Å². The molecule has 22 heavy (non-hydrogen) atoms. The van der Waals surface area contributed by atoms with Crippen LogP contribution in [0.3, 0.4) is 0 Å². The minimum absolute atomic E-state index is 0. The summed E-state index contributed by atoms with van der Waals surface area (Å²) >= 11 is 0. The molecule has 1 aliphatic rings. The molecule has 1 heterocycles. The Morgan fingerprint density at radius 1 is 1.32 bits per heavy atom. The second-order valence-electron chi connectivity index (χ2n) is 4.85. The Bertz CT molecular complexity index is 507. The average molecular weight is 329 g/mol. The molecule has 1 fully saturated rings. The third kappa shape index (κ3) is 4.69. The van der Waals surface area contributed by atoms with Crippen LogP contribution in [-0.2, 0) is 14.3 Å². The van der Waals surface area contributed by atoms with E-state index in [1.54, 1.807) is 31.2 Å². The zero-order valence-corrected chi connectivity index (χ0v) is 13.2. The van der Waals surface area contributed by atoms with Gasteiger partial charge in [0.05, 0.1) is 18.3 Å². The maximum atomic E-state index is 12.0. The summed E-state index contributed by atoms with van der Waals surface area (Å²) in [5.41, 5.74) is 6.59. The molecule has 0 unspecified atom stereocenters. The zero-order valence-electron chi connectivity index (χ0n) is 12.4. The van der Waals surface area contributed by atoms with Gasteiger partial charge < -0.3 is 20.5 Å². The molecule has 1 aliphatic heterocycles. The van der Waals surface area contributed by atoms with Gasteiger partial charge in [0.1, 0.15) is 6.10 Å². The lowest BCUT2D eigenvalue weighted by Gasteiger charge is -2.12. The second kappa shape index (κ2) is 8.73. The molecule has 7 heteroatoms. The quantitative estimate of drug-likeness (QED) is 0.803. The highest BCUT2D eigenvalue weighted by atomic mass is 35.5. The van der Waals surface area contributed by atoms with Gasteiger partial charge in [0.15, 0.2) is 0 Å². The monoisotopic (exact) mass is 328 g/mol. The minimum Gasteiger partial charge on any atom is -0.462 e. The number of esters is 1.